The van der Waals surface area contributed by atoms with E-state index in [-0.39, 0.29) is 5.91 Å². The molecule has 102 valence electrons. The van der Waals surface area contributed by atoms with E-state index in [1.54, 1.807) is 6.26 Å². The van der Waals surface area contributed by atoms with Crippen molar-refractivity contribution in [1.29, 1.82) is 0 Å². The second-order valence-corrected chi connectivity index (χ2v) is 5.55. The number of hydrogen-bond donors (Lipinski definition) is 1. The summed E-state index contributed by atoms with van der Waals surface area (Å²) in [5, 5.41) is 4.02. The van der Waals surface area contributed by atoms with E-state index in [4.69, 9.17) is 16.0 Å². The van der Waals surface area contributed by atoms with Crippen LogP contribution in [0.3, 0.4) is 0 Å². The van der Waals surface area contributed by atoms with E-state index in [0.29, 0.717) is 12.4 Å². The van der Waals surface area contributed by atoms with Crippen LogP contribution in [0.5, 0.6) is 0 Å². The average molecular weight is 280 g/mol. The molecule has 1 heterocycles. The molecule has 0 saturated carbocycles. The highest BCUT2D eigenvalue weighted by Crippen LogP contribution is 2.21. The van der Waals surface area contributed by atoms with Crippen LogP contribution in [0.2, 0.25) is 0 Å². The Morgan fingerprint density at radius 3 is 2.84 bits per heavy atom. The standard InChI is InChI=1S/C15H18ClNO2/c1-15(2,10-16)14(18)17-8-7-11-9-19-13-6-4-3-5-12(11)13/h3-6,9H,7-8,10H2,1-2H3,(H,17,18). The maximum Gasteiger partial charge on any atom is 0.226 e. The van der Waals surface area contributed by atoms with Crippen molar-refractivity contribution in [3.8, 4) is 0 Å². The van der Waals surface area contributed by atoms with Crippen molar-refractivity contribution < 1.29 is 9.21 Å². The number of carbonyl (C=O) groups is 1. The van der Waals surface area contributed by atoms with Gasteiger partial charge in [-0.25, -0.2) is 0 Å². The normalized spacial score (nSPS) is 11.7. The fourth-order valence-corrected chi connectivity index (χ4v) is 1.96. The van der Waals surface area contributed by atoms with Crippen LogP contribution in [-0.2, 0) is 11.2 Å². The molecule has 0 aliphatic heterocycles. The molecule has 1 amide bonds. The summed E-state index contributed by atoms with van der Waals surface area (Å²) >= 11 is 5.77. The highest BCUT2D eigenvalue weighted by atomic mass is 35.5. The minimum Gasteiger partial charge on any atom is -0.464 e. The van der Waals surface area contributed by atoms with E-state index in [9.17, 15) is 4.79 Å². The quantitative estimate of drug-likeness (QED) is 0.853. The topological polar surface area (TPSA) is 42.2 Å². The molecular weight excluding hydrogens is 262 g/mol. The number of para-hydroxylation sites is 1. The predicted octanol–water partition coefficient (Wildman–Crippen LogP) is 3.36. The third-order valence-electron chi connectivity index (χ3n) is 3.19. The second-order valence-electron chi connectivity index (χ2n) is 5.28. The van der Waals surface area contributed by atoms with Crippen molar-refractivity contribution in [1.82, 2.24) is 5.32 Å². The summed E-state index contributed by atoms with van der Waals surface area (Å²) in [5.41, 5.74) is 1.46. The maximum absolute atomic E-state index is 11.9. The fourth-order valence-electron chi connectivity index (χ4n) is 1.84. The van der Waals surface area contributed by atoms with E-state index in [1.165, 1.54) is 0 Å². The number of hydrogen-bond acceptors (Lipinski definition) is 2. The van der Waals surface area contributed by atoms with Gasteiger partial charge in [-0.1, -0.05) is 18.2 Å². The van der Waals surface area contributed by atoms with Gasteiger partial charge in [0, 0.05) is 17.8 Å². The molecule has 4 heteroatoms. The largest absolute Gasteiger partial charge is 0.464 e. The Bertz CT molecular complexity index is 574. The Morgan fingerprint density at radius 2 is 2.11 bits per heavy atom. The SMILES string of the molecule is CC(C)(CCl)C(=O)NCCc1coc2ccccc12. The van der Waals surface area contributed by atoms with Crippen molar-refractivity contribution in [3.63, 3.8) is 0 Å². The van der Waals surface area contributed by atoms with E-state index >= 15 is 0 Å². The van der Waals surface area contributed by atoms with E-state index in [1.807, 2.05) is 38.1 Å². The molecule has 0 fully saturated rings. The van der Waals surface area contributed by atoms with Crippen molar-refractivity contribution in [3.05, 3.63) is 36.1 Å². The van der Waals surface area contributed by atoms with Crippen LogP contribution in [0.1, 0.15) is 19.4 Å². The molecule has 2 aromatic rings. The zero-order chi connectivity index (χ0) is 13.9. The molecule has 0 radical (unpaired) electrons. The lowest BCUT2D eigenvalue weighted by molar-refractivity contribution is -0.128. The van der Waals surface area contributed by atoms with Gasteiger partial charge in [-0.15, -0.1) is 11.6 Å². The number of alkyl halides is 1. The van der Waals surface area contributed by atoms with E-state index in [0.717, 1.165) is 23.0 Å². The summed E-state index contributed by atoms with van der Waals surface area (Å²) in [6, 6.07) is 7.89. The molecule has 0 unspecified atom stereocenters. The van der Waals surface area contributed by atoms with Crippen LogP contribution in [0, 0.1) is 5.41 Å². The van der Waals surface area contributed by atoms with Crippen molar-refractivity contribution in [2.45, 2.75) is 20.3 Å². The van der Waals surface area contributed by atoms with Gasteiger partial charge in [-0.3, -0.25) is 4.79 Å². The molecule has 3 nitrogen and oxygen atoms in total. The third-order valence-corrected chi connectivity index (χ3v) is 3.86. The van der Waals surface area contributed by atoms with Crippen LogP contribution in [0.15, 0.2) is 34.9 Å². The maximum atomic E-state index is 11.9. The molecule has 0 bridgehead atoms. The van der Waals surface area contributed by atoms with Crippen molar-refractivity contribution in [2.75, 3.05) is 12.4 Å². The first-order valence-corrected chi connectivity index (χ1v) is 6.87. The Kier molecular flexibility index (Phi) is 4.15. The number of benzene rings is 1. The zero-order valence-electron chi connectivity index (χ0n) is 11.2. The smallest absolute Gasteiger partial charge is 0.226 e. The number of nitrogens with one attached hydrogen (secondary N) is 1. The predicted molar refractivity (Wildman–Crippen MR) is 77.4 cm³/mol. The van der Waals surface area contributed by atoms with Crippen LogP contribution in [-0.4, -0.2) is 18.3 Å². The first-order chi connectivity index (χ1) is 9.04. The number of amides is 1. The molecule has 0 atom stereocenters. The van der Waals surface area contributed by atoms with Gasteiger partial charge >= 0.3 is 0 Å². The monoisotopic (exact) mass is 279 g/mol. The molecule has 0 saturated heterocycles. The Morgan fingerprint density at radius 1 is 1.37 bits per heavy atom. The van der Waals surface area contributed by atoms with E-state index < -0.39 is 5.41 Å². The Balaban J connectivity index is 1.95. The van der Waals surface area contributed by atoms with Gasteiger partial charge < -0.3 is 9.73 Å². The van der Waals surface area contributed by atoms with Crippen molar-refractivity contribution in [2.24, 2.45) is 5.41 Å². The summed E-state index contributed by atoms with van der Waals surface area (Å²) < 4.78 is 5.46. The number of furan rings is 1. The van der Waals surface area contributed by atoms with Gasteiger partial charge in [0.05, 0.1) is 11.7 Å². The van der Waals surface area contributed by atoms with Gasteiger partial charge in [0.25, 0.3) is 0 Å². The summed E-state index contributed by atoms with van der Waals surface area (Å²) in [6.07, 6.45) is 2.50. The number of halogens is 1. The molecule has 19 heavy (non-hydrogen) atoms. The number of fused-ring (bicyclic) bond motifs is 1. The molecule has 1 N–H and O–H groups in total. The average Bonchev–Trinajstić information content (AvgIpc) is 2.82. The third kappa shape index (κ3) is 3.10. The summed E-state index contributed by atoms with van der Waals surface area (Å²) in [7, 11) is 0. The van der Waals surface area contributed by atoms with Crippen LogP contribution in [0.25, 0.3) is 11.0 Å². The lowest BCUT2D eigenvalue weighted by Crippen LogP contribution is -2.39. The molecule has 0 aliphatic rings. The van der Waals surface area contributed by atoms with Gasteiger partial charge in [-0.05, 0) is 31.9 Å². The molecule has 2 rings (SSSR count). The highest BCUT2D eigenvalue weighted by Gasteiger charge is 2.25. The lowest BCUT2D eigenvalue weighted by atomic mass is 9.95. The minimum atomic E-state index is -0.528. The summed E-state index contributed by atoms with van der Waals surface area (Å²) in [5.74, 6) is 0.295. The summed E-state index contributed by atoms with van der Waals surface area (Å²) in [6.45, 7) is 4.26. The minimum absolute atomic E-state index is 0.0182. The van der Waals surface area contributed by atoms with Gasteiger partial charge in [0.15, 0.2) is 0 Å². The molecule has 1 aromatic carbocycles. The van der Waals surface area contributed by atoms with Gasteiger partial charge in [-0.2, -0.15) is 0 Å². The van der Waals surface area contributed by atoms with Crippen LogP contribution < -0.4 is 5.32 Å². The van der Waals surface area contributed by atoms with Crippen molar-refractivity contribution >= 4 is 28.5 Å². The number of rotatable bonds is 5. The first-order valence-electron chi connectivity index (χ1n) is 6.34. The Labute approximate surface area is 117 Å². The van der Waals surface area contributed by atoms with Crippen LogP contribution in [0.4, 0.5) is 0 Å². The fraction of sp³-hybridized carbons (Fsp3) is 0.400. The van der Waals surface area contributed by atoms with Crippen LogP contribution >= 0.6 is 11.6 Å². The number of carbonyl (C=O) groups excluding carboxylic acids is 1. The highest BCUT2D eigenvalue weighted by molar-refractivity contribution is 6.19. The van der Waals surface area contributed by atoms with Gasteiger partial charge in [0.1, 0.15) is 5.58 Å². The first kappa shape index (κ1) is 13.9. The Hall–Kier alpha value is -1.48. The lowest BCUT2D eigenvalue weighted by Gasteiger charge is -2.20. The molecule has 0 spiro atoms. The second kappa shape index (κ2) is 5.66. The van der Waals surface area contributed by atoms with E-state index in [2.05, 4.69) is 5.32 Å². The zero-order valence-corrected chi connectivity index (χ0v) is 12.0. The van der Waals surface area contributed by atoms with Gasteiger partial charge in [0.2, 0.25) is 5.91 Å². The summed E-state index contributed by atoms with van der Waals surface area (Å²) in [4.78, 5) is 11.9. The molecular formula is C15H18ClNO2. The molecule has 0 aliphatic carbocycles. The molecule has 1 aromatic heterocycles.